The fourth-order valence-electron chi connectivity index (χ4n) is 11.0. The van der Waals surface area contributed by atoms with Gasteiger partial charge in [0.2, 0.25) is 0 Å². The molecule has 0 spiro atoms. The van der Waals surface area contributed by atoms with Crippen LogP contribution in [0.15, 0.2) is 191 Å². The fraction of sp³-hybridized carbons (Fsp3) is 0.309. The Morgan fingerprint density at radius 2 is 0.966 bits per heavy atom. The van der Waals surface area contributed by atoms with E-state index in [1.165, 1.54) is 59.6 Å². The van der Waals surface area contributed by atoms with Gasteiger partial charge in [-0.05, 0) is 117 Å². The molecule has 5 saturated heterocycles. The van der Waals surface area contributed by atoms with Crippen molar-refractivity contribution in [2.24, 2.45) is 0 Å². The average Bonchev–Trinajstić information content (AvgIpc) is 1.83. The van der Waals surface area contributed by atoms with Crippen LogP contribution in [0.4, 0.5) is 24.8 Å². The van der Waals surface area contributed by atoms with Gasteiger partial charge in [0.1, 0.15) is 35.8 Å². The number of fused-ring (bicyclic) bond motifs is 1. The third-order valence-electron chi connectivity index (χ3n) is 16.5. The first-order chi connectivity index (χ1) is 42.6. The highest BCUT2D eigenvalue weighted by Crippen LogP contribution is 2.39. The number of benzene rings is 7. The lowest BCUT2D eigenvalue weighted by atomic mass is 9.79. The molecule has 5 fully saturated rings. The first kappa shape index (κ1) is 62.3. The van der Waals surface area contributed by atoms with Crippen molar-refractivity contribution in [3.63, 3.8) is 0 Å². The summed E-state index contributed by atoms with van der Waals surface area (Å²) >= 11 is 6.44. The molecule has 7 heterocycles. The van der Waals surface area contributed by atoms with Gasteiger partial charge in [-0.1, -0.05) is 159 Å². The van der Waals surface area contributed by atoms with E-state index < -0.39 is 24.1 Å². The van der Waals surface area contributed by atoms with Crippen molar-refractivity contribution >= 4 is 67.1 Å². The first-order valence-corrected chi connectivity index (χ1v) is 31.1. The van der Waals surface area contributed by atoms with Crippen LogP contribution in [0.3, 0.4) is 0 Å². The quantitative estimate of drug-likeness (QED) is 0.0997. The van der Waals surface area contributed by atoms with Gasteiger partial charge in [0, 0.05) is 48.2 Å². The van der Waals surface area contributed by atoms with Crippen molar-refractivity contribution < 1.29 is 41.4 Å². The van der Waals surface area contributed by atoms with Gasteiger partial charge in [0.25, 0.3) is 0 Å². The molecule has 20 heteroatoms. The number of aromatic amines is 1. The Labute approximate surface area is 528 Å². The summed E-state index contributed by atoms with van der Waals surface area (Å²) in [4.78, 5) is 15.0. The number of halogens is 5. The van der Waals surface area contributed by atoms with Crippen molar-refractivity contribution in [1.82, 2.24) is 30.0 Å². The van der Waals surface area contributed by atoms with Crippen molar-refractivity contribution in [3.05, 3.63) is 231 Å². The minimum atomic E-state index is -0.592. The fourth-order valence-corrected chi connectivity index (χ4v) is 11.7. The van der Waals surface area contributed by atoms with Gasteiger partial charge in [-0.15, -0.1) is 0 Å². The van der Waals surface area contributed by atoms with E-state index in [9.17, 15) is 13.2 Å². The third-order valence-corrected chi connectivity index (χ3v) is 17.5. The van der Waals surface area contributed by atoms with Crippen molar-refractivity contribution in [3.8, 4) is 17.2 Å². The zero-order valence-corrected chi connectivity index (χ0v) is 52.6. The predicted octanol–water partition coefficient (Wildman–Crippen LogP) is 13.3. The van der Waals surface area contributed by atoms with Crippen LogP contribution >= 0.6 is 31.9 Å². The van der Waals surface area contributed by atoms with Crippen molar-refractivity contribution in [2.75, 3.05) is 63.1 Å². The SMILES string of the molecule is CC1(C)OB(c2ccc(OC3CN(C(c4ccccc4)c4ccccc4)C3)c(F)c2)OC1(C)C.Fc1cc(Br)ccc1OC1CN(C(c2ccccc2)c2ccccc2)C1.Fc1cc(Br)ccc1OC1COC1.Nc1ncnc2[nH]nc(N3CCCC3)c12. The topological polar surface area (TPSA) is 146 Å². The Hall–Kier alpha value is -7.30. The minimum absolute atomic E-state index is 0.000556. The number of H-pyrrole nitrogens is 1. The summed E-state index contributed by atoms with van der Waals surface area (Å²) in [6.45, 7) is 14.1. The van der Waals surface area contributed by atoms with Gasteiger partial charge in [-0.25, -0.2) is 23.1 Å². The number of anilines is 2. The number of ether oxygens (including phenoxy) is 4. The normalized spacial score (nSPS) is 17.4. The molecule has 3 N–H and O–H groups in total. The van der Waals surface area contributed by atoms with E-state index in [1.807, 2.05) is 58.0 Å². The molecule has 0 atom stereocenters. The molecule has 5 aliphatic heterocycles. The molecule has 0 aliphatic carbocycles. The number of nitrogen functional groups attached to an aromatic ring is 1. The molecule has 5 aliphatic rings. The first-order valence-electron chi connectivity index (χ1n) is 29.6. The number of hydrogen-bond donors (Lipinski definition) is 2. The summed E-state index contributed by atoms with van der Waals surface area (Å²) in [6.07, 6.45) is 3.82. The van der Waals surface area contributed by atoms with E-state index in [4.69, 9.17) is 34.0 Å². The van der Waals surface area contributed by atoms with Gasteiger partial charge in [-0.3, -0.25) is 14.9 Å². The molecule has 2 aromatic heterocycles. The monoisotopic (exact) mass is 1320 g/mol. The summed E-state index contributed by atoms with van der Waals surface area (Å²) in [6, 6.07) is 56.8. The van der Waals surface area contributed by atoms with Crippen LogP contribution in [0, 0.1) is 17.5 Å². The molecule has 9 aromatic rings. The summed E-state index contributed by atoms with van der Waals surface area (Å²) in [5, 5.41) is 7.99. The second-order valence-electron chi connectivity index (χ2n) is 23.3. The molecule has 7 aromatic carbocycles. The molecule has 0 unspecified atom stereocenters. The number of hydrogen-bond acceptors (Lipinski definition) is 13. The maximum atomic E-state index is 14.9. The van der Waals surface area contributed by atoms with Crippen LogP contribution in [0.2, 0.25) is 0 Å². The predicted molar refractivity (Wildman–Crippen MR) is 345 cm³/mol. The maximum Gasteiger partial charge on any atom is 0.494 e. The lowest BCUT2D eigenvalue weighted by molar-refractivity contribution is -0.0808. The third kappa shape index (κ3) is 14.9. The number of aromatic nitrogens is 4. The second kappa shape index (κ2) is 28.0. The highest BCUT2D eigenvalue weighted by Gasteiger charge is 2.52. The van der Waals surface area contributed by atoms with Crippen molar-refractivity contribution in [1.29, 1.82) is 0 Å². The van der Waals surface area contributed by atoms with E-state index in [1.54, 1.807) is 30.3 Å². The molecule has 0 saturated carbocycles. The van der Waals surface area contributed by atoms with Crippen LogP contribution in [0.25, 0.3) is 11.0 Å². The molecular formula is C68H70BBr2F3N8O6. The Bertz CT molecular complexity index is 3640. The smallest absolute Gasteiger partial charge is 0.485 e. The summed E-state index contributed by atoms with van der Waals surface area (Å²) in [5.41, 5.74) is 11.3. The van der Waals surface area contributed by atoms with Crippen LogP contribution < -0.4 is 30.3 Å². The highest BCUT2D eigenvalue weighted by atomic mass is 79.9. The van der Waals surface area contributed by atoms with Gasteiger partial charge in [-0.2, -0.15) is 5.10 Å². The number of rotatable bonds is 14. The maximum absolute atomic E-state index is 14.9. The molecule has 88 heavy (non-hydrogen) atoms. The molecule has 0 radical (unpaired) electrons. The Morgan fingerprint density at radius 1 is 0.557 bits per heavy atom. The minimum Gasteiger partial charge on any atom is -0.485 e. The lowest BCUT2D eigenvalue weighted by Gasteiger charge is -2.44. The molecule has 14 rings (SSSR count). The van der Waals surface area contributed by atoms with E-state index in [0.29, 0.717) is 44.8 Å². The van der Waals surface area contributed by atoms with E-state index in [-0.39, 0.29) is 53.5 Å². The van der Waals surface area contributed by atoms with Crippen LogP contribution in [-0.4, -0.2) is 119 Å². The summed E-state index contributed by atoms with van der Waals surface area (Å²) in [7, 11) is -0.592. The Kier molecular flexibility index (Phi) is 19.9. The van der Waals surface area contributed by atoms with Crippen LogP contribution in [-0.2, 0) is 14.0 Å². The highest BCUT2D eigenvalue weighted by molar-refractivity contribution is 9.10. The van der Waals surface area contributed by atoms with E-state index in [0.717, 1.165) is 50.5 Å². The van der Waals surface area contributed by atoms with E-state index in [2.05, 4.69) is 164 Å². The second-order valence-corrected chi connectivity index (χ2v) is 25.1. The molecule has 0 bridgehead atoms. The average molecular weight is 1320 g/mol. The van der Waals surface area contributed by atoms with Gasteiger partial charge in [0.05, 0.1) is 36.5 Å². The number of nitrogens with zero attached hydrogens (tertiary/aromatic N) is 6. The van der Waals surface area contributed by atoms with Gasteiger partial charge in [0.15, 0.2) is 46.2 Å². The zero-order valence-electron chi connectivity index (χ0n) is 49.5. The van der Waals surface area contributed by atoms with Gasteiger partial charge < -0.3 is 38.9 Å². The summed E-state index contributed by atoms with van der Waals surface area (Å²) < 4.78 is 77.7. The van der Waals surface area contributed by atoms with Crippen molar-refractivity contribution in [2.45, 2.75) is 82.1 Å². The molecular weight excluding hydrogens is 1250 g/mol. The Balaban J connectivity index is 0.000000130. The molecule has 456 valence electrons. The van der Waals surface area contributed by atoms with E-state index >= 15 is 0 Å². The largest absolute Gasteiger partial charge is 0.494 e. The van der Waals surface area contributed by atoms with Gasteiger partial charge >= 0.3 is 7.12 Å². The Morgan fingerprint density at radius 3 is 1.36 bits per heavy atom. The lowest BCUT2D eigenvalue weighted by Crippen LogP contribution is -2.55. The number of nitrogens with two attached hydrogens (primary N) is 1. The zero-order chi connectivity index (χ0) is 61.4. The number of likely N-dealkylation sites (tertiary alicyclic amines) is 2. The number of nitrogens with one attached hydrogen (secondary N) is 1. The van der Waals surface area contributed by atoms with Crippen LogP contribution in [0.5, 0.6) is 17.2 Å². The molecule has 0 amide bonds. The summed E-state index contributed by atoms with van der Waals surface area (Å²) in [5.74, 6) is 1.18. The molecule has 14 nitrogen and oxygen atoms in total. The standard InChI is InChI=1S/C28H31BFNO3.C22H19BrFNO.C9H8BrFO2.C9H12N6/c1-27(2)28(3,4)34-29(33-27)22-15-16-25(24(30)17-22)32-23-18-31(19-23)26(20-11-7-5-8-12-20)21-13-9-6-10-14-21;23-18-11-12-21(20(24)13-18)26-19-14-25(15-19)22(16-7-3-1-4-8-16)17-9-5-2-6-10-17;10-6-1-2-9(8(11)3-6)13-7-4-12-5-7;10-7-6-8(12-5-11-7)13-14-9(6)15-3-1-2-4-15/h5-17,23,26H,18-19H2,1-4H3;1-13,19,22H,14-15H2;1-3,7H,4-5H2;5H,1-4H2,(H3,10,11,12,13,14). The van der Waals surface area contributed by atoms with Crippen LogP contribution in [0.1, 0.15) is 74.9 Å².